The molecule has 3 rings (SSSR count). The fourth-order valence-electron chi connectivity index (χ4n) is 3.87. The van der Waals surface area contributed by atoms with E-state index in [9.17, 15) is 19.2 Å². The van der Waals surface area contributed by atoms with Crippen LogP contribution in [0.3, 0.4) is 0 Å². The molecule has 0 spiro atoms. The Labute approximate surface area is 169 Å². The normalized spacial score (nSPS) is 20.9. The zero-order valence-corrected chi connectivity index (χ0v) is 16.6. The molecule has 1 saturated carbocycles. The standard InChI is InChI=1S/C21H27N3O5/c1-2-14-7-9-15(10-8-14)29-13-19(26)23-22-18(25)11-12-24-20(27)16-5-3-4-6-17(16)21(24)28/h7-10,16-17H,2-6,11-13H2,1H3,(H,22,25)(H,23,26)/t16-,17-/m0/s1. The minimum Gasteiger partial charge on any atom is -0.484 e. The lowest BCUT2D eigenvalue weighted by atomic mass is 9.81. The number of benzene rings is 1. The van der Waals surface area contributed by atoms with Crippen molar-refractivity contribution in [2.24, 2.45) is 11.8 Å². The Kier molecular flexibility index (Phi) is 6.85. The van der Waals surface area contributed by atoms with E-state index in [4.69, 9.17) is 4.74 Å². The molecule has 8 nitrogen and oxygen atoms in total. The molecule has 2 aliphatic rings. The number of hydrogen-bond donors (Lipinski definition) is 2. The summed E-state index contributed by atoms with van der Waals surface area (Å²) in [5.41, 5.74) is 5.73. The average molecular weight is 401 g/mol. The van der Waals surface area contributed by atoms with Crippen molar-refractivity contribution in [3.63, 3.8) is 0 Å². The van der Waals surface area contributed by atoms with Crippen molar-refractivity contribution in [3.05, 3.63) is 29.8 Å². The van der Waals surface area contributed by atoms with Crippen LogP contribution in [-0.4, -0.2) is 41.7 Å². The maximum absolute atomic E-state index is 12.4. The van der Waals surface area contributed by atoms with E-state index in [2.05, 4.69) is 17.8 Å². The van der Waals surface area contributed by atoms with Crippen LogP contribution in [0.25, 0.3) is 0 Å². The fourth-order valence-corrected chi connectivity index (χ4v) is 3.87. The van der Waals surface area contributed by atoms with Crippen molar-refractivity contribution in [2.75, 3.05) is 13.2 Å². The van der Waals surface area contributed by atoms with Gasteiger partial charge in [-0.25, -0.2) is 0 Å². The number of imide groups is 1. The van der Waals surface area contributed by atoms with Gasteiger partial charge in [0.2, 0.25) is 17.7 Å². The summed E-state index contributed by atoms with van der Waals surface area (Å²) >= 11 is 0. The van der Waals surface area contributed by atoms with Crippen LogP contribution in [0.15, 0.2) is 24.3 Å². The van der Waals surface area contributed by atoms with Gasteiger partial charge in [0.15, 0.2) is 6.61 Å². The molecule has 1 aliphatic heterocycles. The van der Waals surface area contributed by atoms with Gasteiger partial charge in [-0.05, 0) is 37.0 Å². The molecular formula is C21H27N3O5. The number of likely N-dealkylation sites (tertiary alicyclic amines) is 1. The number of aryl methyl sites for hydroxylation is 1. The minimum absolute atomic E-state index is 0.0344. The summed E-state index contributed by atoms with van der Waals surface area (Å²) in [6.07, 6.45) is 4.28. The Morgan fingerprint density at radius 1 is 1.00 bits per heavy atom. The van der Waals surface area contributed by atoms with Crippen molar-refractivity contribution >= 4 is 23.6 Å². The van der Waals surface area contributed by atoms with Crippen LogP contribution in [0.5, 0.6) is 5.75 Å². The van der Waals surface area contributed by atoms with Gasteiger partial charge in [-0.3, -0.25) is 34.9 Å². The van der Waals surface area contributed by atoms with E-state index in [0.717, 1.165) is 32.1 Å². The molecule has 1 saturated heterocycles. The van der Waals surface area contributed by atoms with Crippen LogP contribution in [0.2, 0.25) is 0 Å². The first-order chi connectivity index (χ1) is 14.0. The highest BCUT2D eigenvalue weighted by Gasteiger charge is 2.47. The van der Waals surface area contributed by atoms with E-state index in [0.29, 0.717) is 5.75 Å². The molecule has 1 aliphatic carbocycles. The lowest BCUT2D eigenvalue weighted by Gasteiger charge is -2.19. The summed E-state index contributed by atoms with van der Waals surface area (Å²) in [4.78, 5) is 49.7. The maximum atomic E-state index is 12.4. The van der Waals surface area contributed by atoms with Gasteiger partial charge in [0, 0.05) is 13.0 Å². The van der Waals surface area contributed by atoms with Gasteiger partial charge >= 0.3 is 0 Å². The van der Waals surface area contributed by atoms with Gasteiger partial charge in [-0.2, -0.15) is 0 Å². The molecule has 2 atom stereocenters. The molecule has 8 heteroatoms. The first-order valence-corrected chi connectivity index (χ1v) is 10.1. The second-order valence-corrected chi connectivity index (χ2v) is 7.46. The second-order valence-electron chi connectivity index (χ2n) is 7.46. The van der Waals surface area contributed by atoms with Crippen molar-refractivity contribution in [2.45, 2.75) is 45.4 Å². The predicted octanol–water partition coefficient (Wildman–Crippen LogP) is 1.34. The molecule has 0 bridgehead atoms. The SMILES string of the molecule is CCc1ccc(OCC(=O)NNC(=O)CCN2C(=O)[C@H]3CCCC[C@@H]3C2=O)cc1. The predicted molar refractivity (Wildman–Crippen MR) is 104 cm³/mol. The summed E-state index contributed by atoms with van der Waals surface area (Å²) in [5.74, 6) is -1.18. The van der Waals surface area contributed by atoms with Gasteiger partial charge in [0.05, 0.1) is 11.8 Å². The summed E-state index contributed by atoms with van der Waals surface area (Å²) in [6, 6.07) is 7.41. The van der Waals surface area contributed by atoms with Crippen LogP contribution in [0.1, 0.15) is 44.6 Å². The molecule has 1 heterocycles. The number of hydrazine groups is 1. The highest BCUT2D eigenvalue weighted by atomic mass is 16.5. The van der Waals surface area contributed by atoms with Gasteiger partial charge in [0.1, 0.15) is 5.75 Å². The number of carbonyl (C=O) groups excluding carboxylic acids is 4. The van der Waals surface area contributed by atoms with E-state index >= 15 is 0 Å². The molecule has 1 aromatic carbocycles. The lowest BCUT2D eigenvalue weighted by molar-refractivity contribution is -0.140. The van der Waals surface area contributed by atoms with Crippen molar-refractivity contribution in [3.8, 4) is 5.75 Å². The topological polar surface area (TPSA) is 105 Å². The quantitative estimate of drug-likeness (QED) is 0.530. The van der Waals surface area contributed by atoms with Gasteiger partial charge < -0.3 is 4.74 Å². The van der Waals surface area contributed by atoms with Crippen LogP contribution in [0, 0.1) is 11.8 Å². The Hall–Kier alpha value is -2.90. The van der Waals surface area contributed by atoms with E-state index < -0.39 is 11.8 Å². The Morgan fingerprint density at radius 2 is 1.59 bits per heavy atom. The van der Waals surface area contributed by atoms with Crippen LogP contribution < -0.4 is 15.6 Å². The number of ether oxygens (including phenoxy) is 1. The minimum atomic E-state index is -0.503. The van der Waals surface area contributed by atoms with Gasteiger partial charge in [0.25, 0.3) is 5.91 Å². The average Bonchev–Trinajstić information content (AvgIpc) is 2.99. The third-order valence-corrected chi connectivity index (χ3v) is 5.54. The third-order valence-electron chi connectivity index (χ3n) is 5.54. The smallest absolute Gasteiger partial charge is 0.276 e. The molecule has 29 heavy (non-hydrogen) atoms. The molecule has 1 aromatic rings. The molecule has 0 unspecified atom stereocenters. The molecular weight excluding hydrogens is 374 g/mol. The molecule has 0 radical (unpaired) electrons. The third kappa shape index (κ3) is 5.13. The first kappa shape index (κ1) is 20.8. The molecule has 0 aromatic heterocycles. The number of carbonyl (C=O) groups is 4. The van der Waals surface area contributed by atoms with Crippen molar-refractivity contribution < 1.29 is 23.9 Å². The van der Waals surface area contributed by atoms with Crippen LogP contribution in [-0.2, 0) is 25.6 Å². The lowest BCUT2D eigenvalue weighted by Crippen LogP contribution is -2.45. The zero-order chi connectivity index (χ0) is 20.8. The second kappa shape index (κ2) is 9.54. The summed E-state index contributed by atoms with van der Waals surface area (Å²) < 4.78 is 5.36. The van der Waals surface area contributed by atoms with Gasteiger partial charge in [-0.15, -0.1) is 0 Å². The monoisotopic (exact) mass is 401 g/mol. The highest BCUT2D eigenvalue weighted by molar-refractivity contribution is 6.05. The van der Waals surface area contributed by atoms with E-state index in [-0.39, 0.29) is 43.2 Å². The summed E-state index contributed by atoms with van der Waals surface area (Å²) in [7, 11) is 0. The largest absolute Gasteiger partial charge is 0.484 e. The molecule has 156 valence electrons. The van der Waals surface area contributed by atoms with E-state index in [1.807, 2.05) is 12.1 Å². The maximum Gasteiger partial charge on any atom is 0.276 e. The highest BCUT2D eigenvalue weighted by Crippen LogP contribution is 2.37. The molecule has 2 N–H and O–H groups in total. The Balaban J connectivity index is 1.36. The number of amides is 4. The number of rotatable bonds is 7. The van der Waals surface area contributed by atoms with E-state index in [1.54, 1.807) is 12.1 Å². The van der Waals surface area contributed by atoms with Gasteiger partial charge in [-0.1, -0.05) is 31.9 Å². The number of hydrogen-bond acceptors (Lipinski definition) is 5. The van der Waals surface area contributed by atoms with Crippen LogP contribution >= 0.6 is 0 Å². The molecule has 2 fully saturated rings. The van der Waals surface area contributed by atoms with Crippen LogP contribution in [0.4, 0.5) is 0 Å². The first-order valence-electron chi connectivity index (χ1n) is 10.1. The number of fused-ring (bicyclic) bond motifs is 1. The summed E-state index contributed by atoms with van der Waals surface area (Å²) in [5, 5.41) is 0. The molecule has 4 amide bonds. The number of nitrogens with one attached hydrogen (secondary N) is 2. The Morgan fingerprint density at radius 3 is 2.17 bits per heavy atom. The number of nitrogens with zero attached hydrogens (tertiary/aromatic N) is 1. The fraction of sp³-hybridized carbons (Fsp3) is 0.524. The Bertz CT molecular complexity index is 753. The van der Waals surface area contributed by atoms with Crippen molar-refractivity contribution in [1.29, 1.82) is 0 Å². The van der Waals surface area contributed by atoms with E-state index in [1.165, 1.54) is 10.5 Å². The summed E-state index contributed by atoms with van der Waals surface area (Å²) in [6.45, 7) is 1.85. The zero-order valence-electron chi connectivity index (χ0n) is 16.6. The van der Waals surface area contributed by atoms with Crippen molar-refractivity contribution in [1.82, 2.24) is 15.8 Å².